The lowest BCUT2D eigenvalue weighted by Crippen LogP contribution is -2.39. The number of nitrogens with zero attached hydrogens (tertiary/aromatic N) is 3. The summed E-state index contributed by atoms with van der Waals surface area (Å²) in [5.41, 5.74) is 5.58. The van der Waals surface area contributed by atoms with Gasteiger partial charge in [0.2, 0.25) is 5.82 Å². The van der Waals surface area contributed by atoms with Crippen LogP contribution in [-0.4, -0.2) is 26.6 Å². The molecule has 2 rings (SSSR count). The van der Waals surface area contributed by atoms with Crippen LogP contribution in [0.1, 0.15) is 13.8 Å². The molecule has 0 aliphatic carbocycles. The van der Waals surface area contributed by atoms with Gasteiger partial charge >= 0.3 is 5.69 Å². The van der Waals surface area contributed by atoms with Crippen molar-refractivity contribution in [1.29, 1.82) is 0 Å². The number of rotatable bonds is 4. The summed E-state index contributed by atoms with van der Waals surface area (Å²) < 4.78 is 1.48. The average molecular weight is 249 g/mol. The Morgan fingerprint density at radius 1 is 1.56 bits per heavy atom. The summed E-state index contributed by atoms with van der Waals surface area (Å²) in [5, 5.41) is 18.3. The lowest BCUT2D eigenvalue weighted by atomic mass is 10.1. The summed E-state index contributed by atoms with van der Waals surface area (Å²) in [5.74, 6) is 0.238. The number of pyridine rings is 1. The number of anilines is 1. The van der Waals surface area contributed by atoms with E-state index in [1.165, 1.54) is 4.52 Å². The highest BCUT2D eigenvalue weighted by atomic mass is 16.6. The number of hydrogen-bond acceptors (Lipinski definition) is 5. The van der Waals surface area contributed by atoms with Gasteiger partial charge < -0.3 is 11.1 Å². The standard InChI is InChI=1S/C11H15N5O2/c1-11(2,7-12)13-10-9(16(17)18)8-5-3-4-6-15(8)14-10/h3-6H,7,12H2,1-2H3,(H,13,14). The molecule has 0 radical (unpaired) electrons. The first-order valence-corrected chi connectivity index (χ1v) is 5.54. The fourth-order valence-corrected chi connectivity index (χ4v) is 1.62. The second-order valence-electron chi connectivity index (χ2n) is 4.70. The van der Waals surface area contributed by atoms with Crippen molar-refractivity contribution >= 4 is 17.0 Å². The Kier molecular flexibility index (Phi) is 2.92. The SMILES string of the molecule is CC(C)(CN)Nc1nn2ccccc2c1[N+](=O)[O-]. The molecule has 0 amide bonds. The van der Waals surface area contributed by atoms with E-state index in [0.29, 0.717) is 12.1 Å². The highest BCUT2D eigenvalue weighted by Gasteiger charge is 2.27. The molecule has 0 fully saturated rings. The number of nitrogens with two attached hydrogens (primary N) is 1. The van der Waals surface area contributed by atoms with Gasteiger partial charge in [-0.1, -0.05) is 6.07 Å². The van der Waals surface area contributed by atoms with E-state index in [1.807, 2.05) is 13.8 Å². The second kappa shape index (κ2) is 4.26. The van der Waals surface area contributed by atoms with Gasteiger partial charge in [-0.05, 0) is 26.0 Å². The number of fused-ring (bicyclic) bond motifs is 1. The summed E-state index contributed by atoms with van der Waals surface area (Å²) in [7, 11) is 0. The normalized spacial score (nSPS) is 11.7. The van der Waals surface area contributed by atoms with Crippen molar-refractivity contribution in [1.82, 2.24) is 9.61 Å². The molecule has 0 aromatic carbocycles. The van der Waals surface area contributed by atoms with Gasteiger partial charge in [0.1, 0.15) is 5.52 Å². The molecule has 0 aliphatic heterocycles. The summed E-state index contributed by atoms with van der Waals surface area (Å²) in [6.45, 7) is 4.07. The molecular formula is C11H15N5O2. The zero-order valence-corrected chi connectivity index (χ0v) is 10.3. The van der Waals surface area contributed by atoms with Crippen molar-refractivity contribution in [3.8, 4) is 0 Å². The van der Waals surface area contributed by atoms with Crippen LogP contribution in [0, 0.1) is 10.1 Å². The summed E-state index contributed by atoms with van der Waals surface area (Å²) >= 11 is 0. The Hall–Kier alpha value is -2.15. The molecule has 2 aromatic rings. The smallest absolute Gasteiger partial charge is 0.338 e. The second-order valence-corrected chi connectivity index (χ2v) is 4.70. The van der Waals surface area contributed by atoms with E-state index in [1.54, 1.807) is 24.4 Å². The van der Waals surface area contributed by atoms with E-state index >= 15 is 0 Å². The Morgan fingerprint density at radius 2 is 2.28 bits per heavy atom. The van der Waals surface area contributed by atoms with Crippen LogP contribution in [0.4, 0.5) is 11.5 Å². The molecular weight excluding hydrogens is 234 g/mol. The molecule has 0 atom stereocenters. The molecule has 0 saturated heterocycles. The van der Waals surface area contributed by atoms with Gasteiger partial charge in [0, 0.05) is 18.3 Å². The lowest BCUT2D eigenvalue weighted by molar-refractivity contribution is -0.382. The molecule has 2 heterocycles. The van der Waals surface area contributed by atoms with Crippen molar-refractivity contribution in [2.75, 3.05) is 11.9 Å². The molecule has 7 nitrogen and oxygen atoms in total. The quantitative estimate of drug-likeness (QED) is 0.630. The van der Waals surface area contributed by atoms with Gasteiger partial charge in [-0.3, -0.25) is 10.1 Å². The lowest BCUT2D eigenvalue weighted by Gasteiger charge is -2.23. The molecule has 96 valence electrons. The van der Waals surface area contributed by atoms with Crippen molar-refractivity contribution in [3.05, 3.63) is 34.5 Å². The molecule has 0 spiro atoms. The first kappa shape index (κ1) is 12.3. The molecule has 0 bridgehead atoms. The molecule has 3 N–H and O–H groups in total. The topological polar surface area (TPSA) is 98.5 Å². The number of nitro groups is 1. The van der Waals surface area contributed by atoms with Crippen LogP contribution in [0.5, 0.6) is 0 Å². The van der Waals surface area contributed by atoms with Crippen molar-refractivity contribution in [3.63, 3.8) is 0 Å². The maximum Gasteiger partial charge on any atom is 0.338 e. The predicted molar refractivity (Wildman–Crippen MR) is 68.6 cm³/mol. The van der Waals surface area contributed by atoms with E-state index in [0.717, 1.165) is 0 Å². The van der Waals surface area contributed by atoms with Gasteiger partial charge in [0.05, 0.1) is 4.92 Å². The summed E-state index contributed by atoms with van der Waals surface area (Å²) in [6, 6.07) is 5.16. The van der Waals surface area contributed by atoms with E-state index < -0.39 is 10.5 Å². The number of hydrogen-bond donors (Lipinski definition) is 2. The third-order valence-electron chi connectivity index (χ3n) is 2.66. The van der Waals surface area contributed by atoms with Crippen LogP contribution in [0.15, 0.2) is 24.4 Å². The number of aromatic nitrogens is 2. The van der Waals surface area contributed by atoms with Crippen LogP contribution in [0.3, 0.4) is 0 Å². The minimum atomic E-state index is -0.456. The maximum atomic E-state index is 11.2. The van der Waals surface area contributed by atoms with Gasteiger partial charge in [-0.2, -0.15) is 0 Å². The zero-order valence-electron chi connectivity index (χ0n) is 10.3. The highest BCUT2D eigenvalue weighted by molar-refractivity contribution is 5.76. The third kappa shape index (κ3) is 2.12. The fourth-order valence-electron chi connectivity index (χ4n) is 1.62. The Balaban J connectivity index is 2.56. The fraction of sp³-hybridized carbons (Fsp3) is 0.364. The highest BCUT2D eigenvalue weighted by Crippen LogP contribution is 2.30. The summed E-state index contributed by atoms with van der Waals surface area (Å²) in [6.07, 6.45) is 1.67. The predicted octanol–water partition coefficient (Wildman–Crippen LogP) is 1.39. The van der Waals surface area contributed by atoms with Crippen molar-refractivity contribution < 1.29 is 4.92 Å². The van der Waals surface area contributed by atoms with Gasteiger partial charge in [-0.25, -0.2) is 4.52 Å². The summed E-state index contributed by atoms with van der Waals surface area (Å²) in [4.78, 5) is 10.7. The number of nitrogens with one attached hydrogen (secondary N) is 1. The largest absolute Gasteiger partial charge is 0.357 e. The van der Waals surface area contributed by atoms with Crippen LogP contribution in [0.25, 0.3) is 5.52 Å². The molecule has 7 heteroatoms. The minimum Gasteiger partial charge on any atom is -0.357 e. The van der Waals surface area contributed by atoms with E-state index in [2.05, 4.69) is 10.4 Å². The van der Waals surface area contributed by atoms with Crippen LogP contribution in [-0.2, 0) is 0 Å². The molecule has 0 unspecified atom stereocenters. The first-order chi connectivity index (χ1) is 8.44. The van der Waals surface area contributed by atoms with Crippen LogP contribution >= 0.6 is 0 Å². The van der Waals surface area contributed by atoms with E-state index in [9.17, 15) is 10.1 Å². The molecule has 18 heavy (non-hydrogen) atoms. The third-order valence-corrected chi connectivity index (χ3v) is 2.66. The van der Waals surface area contributed by atoms with E-state index in [-0.39, 0.29) is 11.5 Å². The van der Waals surface area contributed by atoms with E-state index in [4.69, 9.17) is 5.73 Å². The molecule has 0 saturated carbocycles. The maximum absolute atomic E-state index is 11.2. The molecule has 2 aromatic heterocycles. The van der Waals surface area contributed by atoms with Gasteiger partial charge in [0.25, 0.3) is 0 Å². The van der Waals surface area contributed by atoms with Crippen LogP contribution in [0.2, 0.25) is 0 Å². The van der Waals surface area contributed by atoms with Crippen LogP contribution < -0.4 is 11.1 Å². The van der Waals surface area contributed by atoms with Crippen molar-refractivity contribution in [2.24, 2.45) is 5.73 Å². The van der Waals surface area contributed by atoms with Crippen molar-refractivity contribution in [2.45, 2.75) is 19.4 Å². The average Bonchev–Trinajstić information content (AvgIpc) is 2.65. The molecule has 0 aliphatic rings. The zero-order chi connectivity index (χ0) is 13.3. The van der Waals surface area contributed by atoms with Gasteiger partial charge in [0.15, 0.2) is 0 Å². The Bertz CT molecular complexity index is 590. The first-order valence-electron chi connectivity index (χ1n) is 5.54. The monoisotopic (exact) mass is 249 g/mol. The van der Waals surface area contributed by atoms with Gasteiger partial charge in [-0.15, -0.1) is 5.10 Å². The Labute approximate surface area is 104 Å². The Morgan fingerprint density at radius 3 is 2.89 bits per heavy atom. The minimum absolute atomic E-state index is 0.0304.